The molecule has 0 aliphatic rings. The Morgan fingerprint density at radius 2 is 1.80 bits per heavy atom. The zero-order valence-corrected chi connectivity index (χ0v) is 13.9. The van der Waals surface area contributed by atoms with E-state index in [9.17, 15) is 14.4 Å². The Hall–Kier alpha value is -3.10. The van der Waals surface area contributed by atoms with Gasteiger partial charge >= 0.3 is 5.97 Å². The van der Waals surface area contributed by atoms with Gasteiger partial charge in [0.1, 0.15) is 12.1 Å². The molecule has 1 rings (SSSR count). The third kappa shape index (κ3) is 7.34. The highest BCUT2D eigenvalue weighted by molar-refractivity contribution is 5.98. The summed E-state index contributed by atoms with van der Waals surface area (Å²) in [4.78, 5) is 39.2. The minimum atomic E-state index is -1.16. The average molecular weight is 350 g/mol. The van der Waals surface area contributed by atoms with Crippen molar-refractivity contribution < 1.29 is 19.5 Å². The minimum absolute atomic E-state index is 0.0613. The number of nitrogens with one attached hydrogen (secondary N) is 2. The normalized spacial score (nSPS) is 12.5. The Morgan fingerprint density at radius 3 is 2.36 bits per heavy atom. The van der Waals surface area contributed by atoms with E-state index in [1.165, 1.54) is 6.92 Å². The molecule has 7 N–H and O–H groups in total. The number of carbonyl (C=O) groups excluding carboxylic acids is 2. The van der Waals surface area contributed by atoms with Gasteiger partial charge in [0.2, 0.25) is 5.91 Å². The van der Waals surface area contributed by atoms with Gasteiger partial charge in [0.05, 0.1) is 0 Å². The van der Waals surface area contributed by atoms with E-state index in [0.29, 0.717) is 18.5 Å². The number of rotatable bonds is 9. The Morgan fingerprint density at radius 1 is 1.16 bits per heavy atom. The predicted octanol–water partition coefficient (Wildman–Crippen LogP) is -0.572. The van der Waals surface area contributed by atoms with E-state index in [0.717, 1.165) is 0 Å². The number of aliphatic imine (C=N–C) groups is 1. The van der Waals surface area contributed by atoms with Crippen LogP contribution in [0.3, 0.4) is 0 Å². The van der Waals surface area contributed by atoms with Crippen molar-refractivity contribution in [2.45, 2.75) is 31.8 Å². The second-order valence-corrected chi connectivity index (χ2v) is 5.41. The van der Waals surface area contributed by atoms with Crippen LogP contribution in [0.4, 0.5) is 0 Å². The summed E-state index contributed by atoms with van der Waals surface area (Å²) in [6.45, 7) is 1.64. The van der Waals surface area contributed by atoms with Gasteiger partial charge in [-0.2, -0.15) is 0 Å². The van der Waals surface area contributed by atoms with Gasteiger partial charge in [-0.05, 0) is 31.9 Å². The monoisotopic (exact) mass is 350 g/mol. The summed E-state index contributed by atoms with van der Waals surface area (Å²) in [7, 11) is 0. The second-order valence-electron chi connectivity index (χ2n) is 5.41. The molecule has 2 atom stereocenters. The molecule has 0 fully saturated rings. The molecule has 0 aliphatic heterocycles. The second kappa shape index (κ2) is 9.91. The molecule has 25 heavy (non-hydrogen) atoms. The third-order valence-corrected chi connectivity index (χ3v) is 3.33. The fourth-order valence-electron chi connectivity index (χ4n) is 1.98. The van der Waals surface area contributed by atoms with E-state index in [1.807, 2.05) is 0 Å². The van der Waals surface area contributed by atoms with Crippen molar-refractivity contribution in [3.63, 3.8) is 0 Å². The molecule has 9 nitrogen and oxygen atoms in total. The van der Waals surface area contributed by atoms with Crippen molar-refractivity contribution >= 4 is 23.7 Å². The molecule has 136 valence electrons. The molecule has 9 heteroatoms. The van der Waals surface area contributed by atoms with E-state index >= 15 is 0 Å². The summed E-state index contributed by atoms with van der Waals surface area (Å²) in [5.41, 5.74) is 10.9. The van der Waals surface area contributed by atoms with Crippen LogP contribution < -0.4 is 22.1 Å². The number of amides is 2. The summed E-state index contributed by atoms with van der Waals surface area (Å²) in [5, 5.41) is 13.9. The maximum Gasteiger partial charge on any atom is 0.325 e. The van der Waals surface area contributed by atoms with Crippen LogP contribution in [0, 0.1) is 0 Å². The summed E-state index contributed by atoms with van der Waals surface area (Å²) < 4.78 is 0. The number of hydrogen-bond donors (Lipinski definition) is 5. The molecule has 0 aromatic heterocycles. The lowest BCUT2D eigenvalue weighted by atomic mass is 10.1. The molecule has 0 saturated carbocycles. The number of carboxylic acids is 1. The lowest BCUT2D eigenvalue weighted by Crippen LogP contribution is -2.50. The van der Waals surface area contributed by atoms with Crippen LogP contribution in [-0.2, 0) is 9.59 Å². The fraction of sp³-hybridized carbons (Fsp3) is 0.375. The molecule has 0 saturated heterocycles. The summed E-state index contributed by atoms with van der Waals surface area (Å²) in [6, 6.07) is 6.44. The number of carbonyl (C=O) groups is 3. The van der Waals surface area contributed by atoms with E-state index in [2.05, 4.69) is 15.6 Å². The number of nitrogens with two attached hydrogens (primary N) is 2. The maximum absolute atomic E-state index is 12.3. The van der Waals surface area contributed by atoms with E-state index in [1.54, 1.807) is 30.3 Å². The SMILES string of the molecule is C[C@H](NC(=O)[C@H](CCCN=C(N)N)NC(=O)c1ccccc1)[13C](=O)O. The van der Waals surface area contributed by atoms with Gasteiger partial charge in [-0.25, -0.2) is 0 Å². The molecule has 2 amide bonds. The number of guanidine groups is 1. The van der Waals surface area contributed by atoms with Crippen molar-refractivity contribution in [3.05, 3.63) is 35.9 Å². The Balaban J connectivity index is 2.75. The van der Waals surface area contributed by atoms with E-state index in [-0.39, 0.29) is 12.4 Å². The molecule has 0 heterocycles. The highest BCUT2D eigenvalue weighted by Gasteiger charge is 2.24. The fourth-order valence-corrected chi connectivity index (χ4v) is 1.98. The third-order valence-electron chi connectivity index (χ3n) is 3.33. The van der Waals surface area contributed by atoms with Crippen LogP contribution in [0.2, 0.25) is 0 Å². The summed E-state index contributed by atoms with van der Waals surface area (Å²) in [6.07, 6.45) is 0.694. The molecule has 0 spiro atoms. The zero-order chi connectivity index (χ0) is 18.8. The van der Waals surface area contributed by atoms with Crippen LogP contribution >= 0.6 is 0 Å². The molecule has 0 aliphatic carbocycles. The molecule has 1 aromatic rings. The maximum atomic E-state index is 12.3. The van der Waals surface area contributed by atoms with Crippen molar-refractivity contribution in [1.82, 2.24) is 10.6 Å². The number of nitrogens with zero attached hydrogens (tertiary/aromatic N) is 1. The van der Waals surface area contributed by atoms with Crippen molar-refractivity contribution in [2.24, 2.45) is 16.5 Å². The highest BCUT2D eigenvalue weighted by atomic mass is 16.5. The van der Waals surface area contributed by atoms with Gasteiger partial charge in [0.25, 0.3) is 5.91 Å². The van der Waals surface area contributed by atoms with Crippen LogP contribution in [-0.4, -0.2) is 47.5 Å². The van der Waals surface area contributed by atoms with Gasteiger partial charge in [-0.3, -0.25) is 19.4 Å². The number of hydrogen-bond acceptors (Lipinski definition) is 4. The van der Waals surface area contributed by atoms with E-state index < -0.39 is 29.9 Å². The molecular weight excluding hydrogens is 327 g/mol. The van der Waals surface area contributed by atoms with Gasteiger partial charge < -0.3 is 27.2 Å². The van der Waals surface area contributed by atoms with Crippen molar-refractivity contribution in [2.75, 3.05) is 6.54 Å². The first kappa shape index (κ1) is 19.9. The van der Waals surface area contributed by atoms with Gasteiger partial charge in [-0.1, -0.05) is 18.2 Å². The molecule has 0 unspecified atom stereocenters. The summed E-state index contributed by atoms with van der Waals surface area (Å²) in [5.74, 6) is -2.23. The zero-order valence-electron chi connectivity index (χ0n) is 13.9. The lowest BCUT2D eigenvalue weighted by Gasteiger charge is -2.19. The predicted molar refractivity (Wildman–Crippen MR) is 92.8 cm³/mol. The van der Waals surface area contributed by atoms with Crippen LogP contribution in [0.1, 0.15) is 30.1 Å². The number of carboxylic acid groups (broad SMARTS) is 1. The lowest BCUT2D eigenvalue weighted by molar-refractivity contribution is -0.141. The average Bonchev–Trinajstić information content (AvgIpc) is 2.57. The van der Waals surface area contributed by atoms with Gasteiger partial charge in [-0.15, -0.1) is 0 Å². The van der Waals surface area contributed by atoms with Crippen molar-refractivity contribution in [3.8, 4) is 0 Å². The first-order chi connectivity index (χ1) is 11.8. The molecule has 0 radical (unpaired) electrons. The minimum Gasteiger partial charge on any atom is -0.480 e. The Kier molecular flexibility index (Phi) is 7.91. The first-order valence-electron chi connectivity index (χ1n) is 7.75. The standard InChI is InChI=1S/C16H23N5O4/c1-10(15(24)25)20-14(23)12(8-5-9-19-16(17)18)21-13(22)11-6-3-2-4-7-11/h2-4,6-7,10,12H,5,8-9H2,1H3,(H,20,23)(H,21,22)(H,24,25)(H4,17,18,19)/t10-,12-/m0/s1/i15+1. The van der Waals surface area contributed by atoms with Gasteiger partial charge in [0, 0.05) is 12.1 Å². The molecule has 0 bridgehead atoms. The number of aliphatic carboxylic acids is 1. The molecular formula is C16H23N5O4. The summed E-state index contributed by atoms with van der Waals surface area (Å²) >= 11 is 0. The Labute approximate surface area is 145 Å². The Bertz CT molecular complexity index is 629. The quantitative estimate of drug-likeness (QED) is 0.173. The topological polar surface area (TPSA) is 160 Å². The van der Waals surface area contributed by atoms with Gasteiger partial charge in [0.15, 0.2) is 5.96 Å². The van der Waals surface area contributed by atoms with Crippen LogP contribution in [0.15, 0.2) is 35.3 Å². The van der Waals surface area contributed by atoms with E-state index in [4.69, 9.17) is 16.6 Å². The first-order valence-corrected chi connectivity index (χ1v) is 7.75. The molecule has 1 aromatic carbocycles. The smallest absolute Gasteiger partial charge is 0.325 e. The van der Waals surface area contributed by atoms with Crippen LogP contribution in [0.5, 0.6) is 0 Å². The largest absolute Gasteiger partial charge is 0.480 e. The number of benzene rings is 1. The van der Waals surface area contributed by atoms with Crippen molar-refractivity contribution in [1.29, 1.82) is 0 Å². The van der Waals surface area contributed by atoms with Crippen LogP contribution in [0.25, 0.3) is 0 Å². The highest BCUT2D eigenvalue weighted by Crippen LogP contribution is 2.04.